The van der Waals surface area contributed by atoms with Crippen molar-refractivity contribution in [1.29, 1.82) is 0 Å². The number of aromatic hydroxyl groups is 1. The number of amides is 1. The number of phenols is 1. The highest BCUT2D eigenvalue weighted by Gasteiger charge is 2.33. The number of amidine groups is 1. The summed E-state index contributed by atoms with van der Waals surface area (Å²) in [4.78, 5) is 33.9. The van der Waals surface area contributed by atoms with Crippen LogP contribution in [0.1, 0.15) is 11.1 Å². The van der Waals surface area contributed by atoms with E-state index in [0.29, 0.717) is 38.8 Å². The molecule has 0 saturated carbocycles. The molecule has 11 heteroatoms. The van der Waals surface area contributed by atoms with Crippen molar-refractivity contribution in [2.75, 3.05) is 6.54 Å². The average Bonchev–Trinajstić information content (AvgIpc) is 3.41. The van der Waals surface area contributed by atoms with Crippen LogP contribution in [0.4, 0.5) is 11.4 Å². The Morgan fingerprint density at radius 3 is 2.65 bits per heavy atom. The SMILES string of the molecule is O=C1/C(=C/c2cc(Br)cc(Br)c2O)SC(=Nc2ccc([N+](=O)[O-])cc2)N1CCc1c[nH]c2ccccc12. The number of nitro groups is 1. The predicted octanol–water partition coefficient (Wildman–Crippen LogP) is 7.15. The third-order valence-corrected chi connectivity index (χ3v) is 7.87. The summed E-state index contributed by atoms with van der Waals surface area (Å²) >= 11 is 7.93. The van der Waals surface area contributed by atoms with Crippen LogP contribution in [0, 0.1) is 10.1 Å². The van der Waals surface area contributed by atoms with Crippen molar-refractivity contribution in [2.24, 2.45) is 4.99 Å². The van der Waals surface area contributed by atoms with Crippen LogP contribution in [-0.4, -0.2) is 37.5 Å². The molecule has 5 rings (SSSR count). The quantitative estimate of drug-likeness (QED) is 0.132. The van der Waals surface area contributed by atoms with E-state index in [9.17, 15) is 20.0 Å². The maximum absolute atomic E-state index is 13.5. The molecule has 186 valence electrons. The molecule has 1 aromatic heterocycles. The molecule has 1 amide bonds. The third kappa shape index (κ3) is 5.34. The Labute approximate surface area is 232 Å². The molecule has 3 aromatic carbocycles. The van der Waals surface area contributed by atoms with Gasteiger partial charge in [-0.25, -0.2) is 4.99 Å². The summed E-state index contributed by atoms with van der Waals surface area (Å²) < 4.78 is 1.25. The minimum absolute atomic E-state index is 0.0233. The number of nitrogens with one attached hydrogen (secondary N) is 1. The zero-order valence-corrected chi connectivity index (χ0v) is 23.0. The fourth-order valence-electron chi connectivity index (χ4n) is 3.96. The Balaban J connectivity index is 1.49. The fraction of sp³-hybridized carbons (Fsp3) is 0.0769. The molecule has 8 nitrogen and oxygen atoms in total. The number of non-ortho nitro benzene ring substituents is 1. The van der Waals surface area contributed by atoms with Crippen LogP contribution in [0.2, 0.25) is 0 Å². The Kier molecular flexibility index (Phi) is 7.18. The number of halogens is 2. The molecule has 1 fully saturated rings. The first-order chi connectivity index (χ1) is 17.8. The van der Waals surface area contributed by atoms with Crippen molar-refractivity contribution in [3.63, 3.8) is 0 Å². The van der Waals surface area contributed by atoms with Gasteiger partial charge in [-0.1, -0.05) is 34.1 Å². The first kappa shape index (κ1) is 25.2. The predicted molar refractivity (Wildman–Crippen MR) is 153 cm³/mol. The van der Waals surface area contributed by atoms with E-state index < -0.39 is 4.92 Å². The van der Waals surface area contributed by atoms with Crippen LogP contribution in [-0.2, 0) is 11.2 Å². The number of rotatable bonds is 6. The molecule has 0 spiro atoms. The zero-order chi connectivity index (χ0) is 26.1. The molecule has 2 N–H and O–H groups in total. The highest BCUT2D eigenvalue weighted by atomic mass is 79.9. The van der Waals surface area contributed by atoms with Crippen molar-refractivity contribution in [2.45, 2.75) is 6.42 Å². The highest BCUT2D eigenvalue weighted by Crippen LogP contribution is 2.38. The van der Waals surface area contributed by atoms with Gasteiger partial charge >= 0.3 is 0 Å². The lowest BCUT2D eigenvalue weighted by atomic mass is 10.1. The summed E-state index contributed by atoms with van der Waals surface area (Å²) in [6, 6.07) is 17.3. The molecule has 1 saturated heterocycles. The number of thioether (sulfide) groups is 1. The van der Waals surface area contributed by atoms with Gasteiger partial charge in [0.1, 0.15) is 5.75 Å². The van der Waals surface area contributed by atoms with Crippen molar-refractivity contribution in [3.8, 4) is 5.75 Å². The van der Waals surface area contributed by atoms with E-state index in [1.165, 1.54) is 23.9 Å². The number of carbonyl (C=O) groups excluding carboxylic acids is 1. The van der Waals surface area contributed by atoms with Crippen LogP contribution in [0.25, 0.3) is 17.0 Å². The van der Waals surface area contributed by atoms with E-state index in [4.69, 9.17) is 0 Å². The maximum atomic E-state index is 13.5. The number of benzene rings is 3. The molecule has 1 aliphatic rings. The van der Waals surface area contributed by atoms with Gasteiger partial charge in [0.05, 0.1) is 20.0 Å². The topological polar surface area (TPSA) is 112 Å². The number of nitro benzene ring substituents is 1. The van der Waals surface area contributed by atoms with Crippen molar-refractivity contribution >= 4 is 83.1 Å². The summed E-state index contributed by atoms with van der Waals surface area (Å²) in [5.41, 5.74) is 3.04. The van der Waals surface area contributed by atoms with Gasteiger partial charge in [0.25, 0.3) is 11.6 Å². The molecule has 0 bridgehead atoms. The van der Waals surface area contributed by atoms with Crippen molar-refractivity contribution < 1.29 is 14.8 Å². The molecule has 0 aliphatic carbocycles. The maximum Gasteiger partial charge on any atom is 0.269 e. The van der Waals surface area contributed by atoms with E-state index in [1.54, 1.807) is 35.2 Å². The van der Waals surface area contributed by atoms with E-state index >= 15 is 0 Å². The summed E-state index contributed by atoms with van der Waals surface area (Å²) in [6.07, 6.45) is 4.17. The number of fused-ring (bicyclic) bond motifs is 1. The first-order valence-corrected chi connectivity index (χ1v) is 13.5. The smallest absolute Gasteiger partial charge is 0.269 e. The number of aromatic amines is 1. The van der Waals surface area contributed by atoms with Crippen LogP contribution in [0.15, 0.2) is 85.7 Å². The molecule has 1 aliphatic heterocycles. The lowest BCUT2D eigenvalue weighted by Crippen LogP contribution is -2.31. The standard InChI is InChI=1S/C26H18Br2N4O4S/c27-17-11-16(24(33)21(28)13-17)12-23-25(34)31(10-9-15-14-29-22-4-2-1-3-20(15)22)26(37-23)30-18-5-7-19(8-6-18)32(35)36/h1-8,11-14,29,33H,9-10H2/b23-12-,30-26?. The Hall–Kier alpha value is -3.41. The van der Waals surface area contributed by atoms with Crippen LogP contribution in [0.5, 0.6) is 5.75 Å². The molecular formula is C26H18Br2N4O4S. The summed E-state index contributed by atoms with van der Waals surface area (Å²) in [5, 5.41) is 23.1. The average molecular weight is 642 g/mol. The Morgan fingerprint density at radius 2 is 1.89 bits per heavy atom. The molecule has 37 heavy (non-hydrogen) atoms. The number of para-hydroxylation sites is 1. The normalized spacial score (nSPS) is 15.8. The minimum atomic E-state index is -0.471. The van der Waals surface area contributed by atoms with Gasteiger partial charge in [0.2, 0.25) is 0 Å². The summed E-state index contributed by atoms with van der Waals surface area (Å²) in [5.74, 6) is -0.212. The van der Waals surface area contributed by atoms with E-state index in [2.05, 4.69) is 41.8 Å². The van der Waals surface area contributed by atoms with Gasteiger partial charge in [-0.3, -0.25) is 19.8 Å². The van der Waals surface area contributed by atoms with Gasteiger partial charge in [-0.05, 0) is 76.1 Å². The summed E-state index contributed by atoms with van der Waals surface area (Å²) in [6.45, 7) is 0.380. The third-order valence-electron chi connectivity index (χ3n) is 5.80. The van der Waals surface area contributed by atoms with Gasteiger partial charge in [0.15, 0.2) is 5.17 Å². The summed E-state index contributed by atoms with van der Waals surface area (Å²) in [7, 11) is 0. The van der Waals surface area contributed by atoms with Gasteiger partial charge in [0, 0.05) is 45.8 Å². The first-order valence-electron chi connectivity index (χ1n) is 11.1. The van der Waals surface area contributed by atoms with E-state index in [0.717, 1.165) is 20.9 Å². The Morgan fingerprint density at radius 1 is 1.14 bits per heavy atom. The van der Waals surface area contributed by atoms with Gasteiger partial charge in [-0.15, -0.1) is 0 Å². The number of hydrogen-bond donors (Lipinski definition) is 2. The number of hydrogen-bond acceptors (Lipinski definition) is 6. The van der Waals surface area contributed by atoms with Crippen molar-refractivity contribution in [1.82, 2.24) is 9.88 Å². The fourth-order valence-corrected chi connectivity index (χ4v) is 6.23. The molecule has 0 atom stereocenters. The second-order valence-electron chi connectivity index (χ2n) is 8.17. The lowest BCUT2D eigenvalue weighted by Gasteiger charge is -2.15. The number of nitrogens with zero attached hydrogens (tertiary/aromatic N) is 3. The molecular weight excluding hydrogens is 624 g/mol. The highest BCUT2D eigenvalue weighted by molar-refractivity contribution is 9.11. The van der Waals surface area contributed by atoms with E-state index in [-0.39, 0.29) is 17.3 Å². The number of aromatic nitrogens is 1. The number of H-pyrrole nitrogens is 1. The monoisotopic (exact) mass is 640 g/mol. The van der Waals surface area contributed by atoms with Crippen LogP contribution >= 0.6 is 43.6 Å². The Bertz CT molecular complexity index is 1600. The van der Waals surface area contributed by atoms with E-state index in [1.807, 2.05) is 30.5 Å². The number of phenolic OH excluding ortho intramolecular Hbond substituents is 1. The van der Waals surface area contributed by atoms with Crippen molar-refractivity contribution in [3.05, 3.63) is 102 Å². The zero-order valence-electron chi connectivity index (χ0n) is 19.0. The minimum Gasteiger partial charge on any atom is -0.506 e. The number of aliphatic imine (C=N–C) groups is 1. The van der Waals surface area contributed by atoms with Crippen LogP contribution in [0.3, 0.4) is 0 Å². The lowest BCUT2D eigenvalue weighted by molar-refractivity contribution is -0.384. The second kappa shape index (κ2) is 10.5. The number of carbonyl (C=O) groups is 1. The molecule has 4 aromatic rings. The molecule has 0 radical (unpaired) electrons. The second-order valence-corrected chi connectivity index (χ2v) is 10.9. The van der Waals surface area contributed by atoms with Crippen LogP contribution < -0.4 is 0 Å². The molecule has 0 unspecified atom stereocenters. The largest absolute Gasteiger partial charge is 0.506 e. The van der Waals surface area contributed by atoms with Gasteiger partial charge < -0.3 is 10.1 Å². The van der Waals surface area contributed by atoms with Gasteiger partial charge in [-0.2, -0.15) is 0 Å². The molecule has 2 heterocycles.